The van der Waals surface area contributed by atoms with Crippen LogP contribution in [-0.4, -0.2) is 5.78 Å². The molecule has 2 N–H and O–H groups in total. The van der Waals surface area contributed by atoms with Crippen LogP contribution in [0.15, 0.2) is 36.4 Å². The number of halogens is 1. The van der Waals surface area contributed by atoms with Crippen molar-refractivity contribution in [2.24, 2.45) is 5.73 Å². The minimum Gasteiger partial charge on any atom is -0.318 e. The first kappa shape index (κ1) is 12.1. The maximum Gasteiger partial charge on any atom is 0.158 e. The fourth-order valence-corrected chi connectivity index (χ4v) is 2.68. The van der Waals surface area contributed by atoms with Gasteiger partial charge in [0.05, 0.1) is 6.04 Å². The second-order valence-corrected chi connectivity index (χ2v) is 4.95. The standard InChI is InChI=1S/C16H14FNO/c1-9-3-2-4-11-12-6-5-10(17)7-14(12)16(18)15(19)8-13(9)11/h2-7,16H,8,18H2,1H3. The Labute approximate surface area is 111 Å². The number of nitrogens with two attached hydrogens (primary N) is 1. The van der Waals surface area contributed by atoms with Crippen LogP contribution in [0, 0.1) is 12.7 Å². The highest BCUT2D eigenvalue weighted by Crippen LogP contribution is 2.36. The molecule has 0 saturated carbocycles. The summed E-state index contributed by atoms with van der Waals surface area (Å²) in [4.78, 5) is 12.2. The largest absolute Gasteiger partial charge is 0.318 e. The molecule has 2 aromatic rings. The van der Waals surface area contributed by atoms with Gasteiger partial charge >= 0.3 is 0 Å². The van der Waals surface area contributed by atoms with E-state index in [1.165, 1.54) is 12.1 Å². The molecule has 0 heterocycles. The lowest BCUT2D eigenvalue weighted by Gasteiger charge is -2.12. The van der Waals surface area contributed by atoms with Gasteiger partial charge in [-0.15, -0.1) is 0 Å². The van der Waals surface area contributed by atoms with Crippen LogP contribution in [-0.2, 0) is 11.2 Å². The number of carbonyl (C=O) groups excluding carboxylic acids is 1. The van der Waals surface area contributed by atoms with Crippen LogP contribution >= 0.6 is 0 Å². The van der Waals surface area contributed by atoms with E-state index in [0.717, 1.165) is 22.3 Å². The molecule has 0 aromatic heterocycles. The molecule has 0 saturated heterocycles. The highest BCUT2D eigenvalue weighted by atomic mass is 19.1. The molecule has 3 rings (SSSR count). The van der Waals surface area contributed by atoms with Crippen LogP contribution in [0.5, 0.6) is 0 Å². The molecule has 1 aliphatic rings. The normalized spacial score (nSPS) is 17.6. The highest BCUT2D eigenvalue weighted by Gasteiger charge is 2.26. The molecule has 2 aromatic carbocycles. The van der Waals surface area contributed by atoms with Crippen molar-refractivity contribution in [3.63, 3.8) is 0 Å². The number of hydrogen-bond donors (Lipinski definition) is 1. The van der Waals surface area contributed by atoms with E-state index in [9.17, 15) is 9.18 Å². The first-order valence-corrected chi connectivity index (χ1v) is 6.24. The van der Waals surface area contributed by atoms with Gasteiger partial charge in [-0.2, -0.15) is 0 Å². The molecule has 3 heteroatoms. The van der Waals surface area contributed by atoms with Gasteiger partial charge in [0.25, 0.3) is 0 Å². The fraction of sp³-hybridized carbons (Fsp3) is 0.188. The summed E-state index contributed by atoms with van der Waals surface area (Å²) in [6, 6.07) is 9.63. The van der Waals surface area contributed by atoms with Gasteiger partial charge in [-0.25, -0.2) is 4.39 Å². The molecule has 0 amide bonds. The summed E-state index contributed by atoms with van der Waals surface area (Å²) in [5, 5.41) is 0. The zero-order chi connectivity index (χ0) is 13.6. The van der Waals surface area contributed by atoms with Gasteiger partial charge in [-0.05, 0) is 46.9 Å². The average Bonchev–Trinajstić information content (AvgIpc) is 2.49. The Kier molecular flexibility index (Phi) is 2.72. The predicted octanol–water partition coefficient (Wildman–Crippen LogP) is 2.93. The number of benzene rings is 2. The lowest BCUT2D eigenvalue weighted by molar-refractivity contribution is -0.119. The maximum absolute atomic E-state index is 13.4. The zero-order valence-electron chi connectivity index (χ0n) is 10.6. The summed E-state index contributed by atoms with van der Waals surface area (Å²) >= 11 is 0. The van der Waals surface area contributed by atoms with Gasteiger partial charge in [0, 0.05) is 6.42 Å². The molecule has 0 radical (unpaired) electrons. The molecule has 0 fully saturated rings. The molecule has 1 unspecified atom stereocenters. The number of ketones is 1. The van der Waals surface area contributed by atoms with Gasteiger partial charge in [-0.3, -0.25) is 4.79 Å². The molecule has 0 bridgehead atoms. The molecular formula is C16H14FNO. The third-order valence-corrected chi connectivity index (χ3v) is 3.75. The van der Waals surface area contributed by atoms with E-state index in [1.807, 2.05) is 25.1 Å². The van der Waals surface area contributed by atoms with Gasteiger partial charge in [0.15, 0.2) is 5.78 Å². The number of aryl methyl sites for hydroxylation is 1. The molecule has 96 valence electrons. The molecule has 0 spiro atoms. The van der Waals surface area contributed by atoms with E-state index in [4.69, 9.17) is 5.73 Å². The van der Waals surface area contributed by atoms with Crippen LogP contribution in [0.2, 0.25) is 0 Å². The zero-order valence-corrected chi connectivity index (χ0v) is 10.6. The van der Waals surface area contributed by atoms with E-state index in [0.29, 0.717) is 12.0 Å². The van der Waals surface area contributed by atoms with Crippen molar-refractivity contribution in [1.82, 2.24) is 0 Å². The second-order valence-electron chi connectivity index (χ2n) is 4.95. The van der Waals surface area contributed by atoms with Crippen LogP contribution < -0.4 is 5.73 Å². The van der Waals surface area contributed by atoms with Crippen LogP contribution in [0.1, 0.15) is 22.7 Å². The summed E-state index contributed by atoms with van der Waals surface area (Å²) in [5.41, 5.74) is 10.5. The monoisotopic (exact) mass is 255 g/mol. The predicted molar refractivity (Wildman–Crippen MR) is 72.2 cm³/mol. The second kappa shape index (κ2) is 4.28. The number of fused-ring (bicyclic) bond motifs is 3. The number of hydrogen-bond acceptors (Lipinski definition) is 2. The maximum atomic E-state index is 13.4. The Morgan fingerprint density at radius 2 is 2.00 bits per heavy atom. The highest BCUT2D eigenvalue weighted by molar-refractivity contribution is 5.94. The van der Waals surface area contributed by atoms with Crippen molar-refractivity contribution in [3.05, 3.63) is 58.9 Å². The van der Waals surface area contributed by atoms with Crippen molar-refractivity contribution < 1.29 is 9.18 Å². The molecule has 1 atom stereocenters. The average molecular weight is 255 g/mol. The van der Waals surface area contributed by atoms with Crippen molar-refractivity contribution >= 4 is 5.78 Å². The SMILES string of the molecule is Cc1cccc2c1CC(=O)C(N)c1cc(F)ccc1-2. The van der Waals surface area contributed by atoms with Crippen LogP contribution in [0.3, 0.4) is 0 Å². The first-order chi connectivity index (χ1) is 9.08. The van der Waals surface area contributed by atoms with Crippen LogP contribution in [0.4, 0.5) is 4.39 Å². The summed E-state index contributed by atoms with van der Waals surface area (Å²) < 4.78 is 13.4. The molecule has 0 aliphatic heterocycles. The third-order valence-electron chi connectivity index (χ3n) is 3.75. The molecule has 19 heavy (non-hydrogen) atoms. The molecule has 1 aliphatic carbocycles. The van der Waals surface area contributed by atoms with Gasteiger partial charge in [-0.1, -0.05) is 24.3 Å². The minimum atomic E-state index is -0.752. The molecule has 2 nitrogen and oxygen atoms in total. The number of Topliss-reactive ketones (excluding diaryl/α,β-unsaturated/α-hetero) is 1. The third kappa shape index (κ3) is 1.87. The Bertz CT molecular complexity index is 678. The Balaban J connectivity index is 2.36. The quantitative estimate of drug-likeness (QED) is 0.786. The Morgan fingerprint density at radius 3 is 2.79 bits per heavy atom. The van der Waals surface area contributed by atoms with E-state index in [2.05, 4.69) is 0 Å². The Hall–Kier alpha value is -2.00. The molecular weight excluding hydrogens is 241 g/mol. The van der Waals surface area contributed by atoms with Crippen LogP contribution in [0.25, 0.3) is 11.1 Å². The fourth-order valence-electron chi connectivity index (χ4n) is 2.68. The summed E-state index contributed by atoms with van der Waals surface area (Å²) in [6.07, 6.45) is 0.305. The summed E-state index contributed by atoms with van der Waals surface area (Å²) in [6.45, 7) is 1.98. The smallest absolute Gasteiger partial charge is 0.158 e. The number of carbonyl (C=O) groups is 1. The van der Waals surface area contributed by atoms with Crippen molar-refractivity contribution in [2.45, 2.75) is 19.4 Å². The minimum absolute atomic E-state index is 0.0695. The summed E-state index contributed by atoms with van der Waals surface area (Å²) in [5.74, 6) is -0.432. The van der Waals surface area contributed by atoms with E-state index in [-0.39, 0.29) is 11.6 Å². The van der Waals surface area contributed by atoms with Crippen molar-refractivity contribution in [3.8, 4) is 11.1 Å². The van der Waals surface area contributed by atoms with Gasteiger partial charge in [0.2, 0.25) is 0 Å². The van der Waals surface area contributed by atoms with Crippen molar-refractivity contribution in [2.75, 3.05) is 0 Å². The first-order valence-electron chi connectivity index (χ1n) is 6.24. The van der Waals surface area contributed by atoms with E-state index < -0.39 is 6.04 Å². The Morgan fingerprint density at radius 1 is 1.21 bits per heavy atom. The van der Waals surface area contributed by atoms with Gasteiger partial charge in [0.1, 0.15) is 5.82 Å². The summed E-state index contributed by atoms with van der Waals surface area (Å²) in [7, 11) is 0. The van der Waals surface area contributed by atoms with Gasteiger partial charge < -0.3 is 5.73 Å². The number of rotatable bonds is 0. The van der Waals surface area contributed by atoms with Crippen molar-refractivity contribution in [1.29, 1.82) is 0 Å². The van der Waals surface area contributed by atoms with E-state index in [1.54, 1.807) is 6.07 Å². The lowest BCUT2D eigenvalue weighted by atomic mass is 9.93. The topological polar surface area (TPSA) is 43.1 Å². The lowest BCUT2D eigenvalue weighted by Crippen LogP contribution is -2.22. The van der Waals surface area contributed by atoms with E-state index >= 15 is 0 Å².